The van der Waals surface area contributed by atoms with Crippen molar-refractivity contribution in [2.75, 3.05) is 19.0 Å². The first kappa shape index (κ1) is 9.79. The smallest absolute Gasteiger partial charge is 0.0647 e. The minimum absolute atomic E-state index is 0.689. The molecule has 0 bridgehead atoms. The Bertz CT molecular complexity index is 99.4. The van der Waals surface area contributed by atoms with E-state index in [-0.39, 0.29) is 0 Å². The standard InChI is InChI=1S/C8H14OS/c1-2-3-6-9-7-4-5-8-10/h2,4-5,10H,1,3,6-8H2. The zero-order valence-electron chi connectivity index (χ0n) is 6.12. The molecule has 0 aliphatic rings. The van der Waals surface area contributed by atoms with Gasteiger partial charge in [-0.2, -0.15) is 12.6 Å². The first-order chi connectivity index (χ1) is 4.91. The van der Waals surface area contributed by atoms with E-state index in [0.29, 0.717) is 6.61 Å². The highest BCUT2D eigenvalue weighted by atomic mass is 32.1. The van der Waals surface area contributed by atoms with Gasteiger partial charge < -0.3 is 4.74 Å². The molecule has 0 heterocycles. The van der Waals surface area contributed by atoms with E-state index >= 15 is 0 Å². The predicted octanol–water partition coefficient (Wildman–Crippen LogP) is 2.07. The van der Waals surface area contributed by atoms with Crippen LogP contribution < -0.4 is 0 Å². The molecule has 0 atom stereocenters. The minimum atomic E-state index is 0.689. The average molecular weight is 158 g/mol. The largest absolute Gasteiger partial charge is 0.377 e. The van der Waals surface area contributed by atoms with Crippen molar-refractivity contribution in [3.8, 4) is 0 Å². The molecule has 0 saturated heterocycles. The van der Waals surface area contributed by atoms with E-state index in [9.17, 15) is 0 Å². The lowest BCUT2D eigenvalue weighted by atomic mass is 10.4. The molecule has 0 aliphatic carbocycles. The quantitative estimate of drug-likeness (QED) is 0.354. The van der Waals surface area contributed by atoms with Crippen molar-refractivity contribution in [1.82, 2.24) is 0 Å². The van der Waals surface area contributed by atoms with Gasteiger partial charge in [0.1, 0.15) is 0 Å². The molecule has 0 aromatic heterocycles. The summed E-state index contributed by atoms with van der Waals surface area (Å²) in [7, 11) is 0. The Labute approximate surface area is 68.2 Å². The van der Waals surface area contributed by atoms with Crippen molar-refractivity contribution >= 4 is 12.6 Å². The number of hydrogen-bond donors (Lipinski definition) is 1. The normalized spacial score (nSPS) is 10.5. The van der Waals surface area contributed by atoms with Gasteiger partial charge in [-0.1, -0.05) is 18.2 Å². The second-order valence-corrected chi connectivity index (χ2v) is 2.17. The van der Waals surface area contributed by atoms with Gasteiger partial charge in [-0.15, -0.1) is 6.58 Å². The van der Waals surface area contributed by atoms with E-state index in [1.165, 1.54) is 0 Å². The van der Waals surface area contributed by atoms with Crippen LogP contribution in [0.5, 0.6) is 0 Å². The molecule has 0 unspecified atom stereocenters. The van der Waals surface area contributed by atoms with E-state index in [1.807, 2.05) is 18.2 Å². The van der Waals surface area contributed by atoms with Crippen LogP contribution in [0.2, 0.25) is 0 Å². The van der Waals surface area contributed by atoms with Crippen molar-refractivity contribution in [2.24, 2.45) is 0 Å². The molecule has 0 spiro atoms. The Morgan fingerprint density at radius 3 is 2.80 bits per heavy atom. The summed E-state index contributed by atoms with van der Waals surface area (Å²) in [5, 5.41) is 0. The fourth-order valence-electron chi connectivity index (χ4n) is 0.461. The summed E-state index contributed by atoms with van der Waals surface area (Å²) in [4.78, 5) is 0. The van der Waals surface area contributed by atoms with E-state index in [0.717, 1.165) is 18.8 Å². The number of ether oxygens (including phenoxy) is 1. The highest BCUT2D eigenvalue weighted by Gasteiger charge is 1.79. The van der Waals surface area contributed by atoms with Crippen molar-refractivity contribution in [3.63, 3.8) is 0 Å². The van der Waals surface area contributed by atoms with Gasteiger partial charge in [0.05, 0.1) is 13.2 Å². The van der Waals surface area contributed by atoms with Crippen LogP contribution in [0.15, 0.2) is 24.8 Å². The van der Waals surface area contributed by atoms with Gasteiger partial charge in [-0.25, -0.2) is 0 Å². The van der Waals surface area contributed by atoms with Gasteiger partial charge in [0.2, 0.25) is 0 Å². The second-order valence-electron chi connectivity index (χ2n) is 1.81. The van der Waals surface area contributed by atoms with E-state index < -0.39 is 0 Å². The monoisotopic (exact) mass is 158 g/mol. The van der Waals surface area contributed by atoms with Crippen LogP contribution in [0.25, 0.3) is 0 Å². The van der Waals surface area contributed by atoms with Gasteiger partial charge in [0.25, 0.3) is 0 Å². The zero-order chi connectivity index (χ0) is 7.66. The molecule has 10 heavy (non-hydrogen) atoms. The number of hydrogen-bond acceptors (Lipinski definition) is 2. The van der Waals surface area contributed by atoms with Gasteiger partial charge >= 0.3 is 0 Å². The molecule has 0 radical (unpaired) electrons. The highest BCUT2D eigenvalue weighted by molar-refractivity contribution is 7.80. The maximum Gasteiger partial charge on any atom is 0.0647 e. The molecule has 0 N–H and O–H groups in total. The molecular weight excluding hydrogens is 144 g/mol. The maximum absolute atomic E-state index is 5.18. The molecule has 0 amide bonds. The molecule has 0 fully saturated rings. The lowest BCUT2D eigenvalue weighted by Crippen LogP contribution is -1.91. The van der Waals surface area contributed by atoms with Crippen LogP contribution >= 0.6 is 12.6 Å². The molecule has 0 saturated carbocycles. The van der Waals surface area contributed by atoms with Crippen LogP contribution in [0.1, 0.15) is 6.42 Å². The van der Waals surface area contributed by atoms with Crippen molar-refractivity contribution < 1.29 is 4.74 Å². The molecule has 0 aromatic carbocycles. The summed E-state index contributed by atoms with van der Waals surface area (Å²) in [6, 6.07) is 0. The molecule has 0 aromatic rings. The molecule has 58 valence electrons. The van der Waals surface area contributed by atoms with E-state index in [4.69, 9.17) is 4.74 Å². The fourth-order valence-corrected chi connectivity index (χ4v) is 0.610. The van der Waals surface area contributed by atoms with Crippen molar-refractivity contribution in [3.05, 3.63) is 24.8 Å². The Kier molecular flexibility index (Phi) is 8.61. The molecule has 0 rings (SSSR count). The zero-order valence-corrected chi connectivity index (χ0v) is 7.02. The van der Waals surface area contributed by atoms with E-state index in [2.05, 4.69) is 19.2 Å². The van der Waals surface area contributed by atoms with Crippen LogP contribution in [0.3, 0.4) is 0 Å². The average Bonchev–Trinajstić information content (AvgIpc) is 1.97. The summed E-state index contributed by atoms with van der Waals surface area (Å²) in [5.41, 5.74) is 0. The van der Waals surface area contributed by atoms with Crippen molar-refractivity contribution in [2.45, 2.75) is 6.42 Å². The Hall–Kier alpha value is -0.210. The Morgan fingerprint density at radius 2 is 2.20 bits per heavy atom. The maximum atomic E-state index is 5.18. The highest BCUT2D eigenvalue weighted by Crippen LogP contribution is 1.84. The second kappa shape index (κ2) is 8.79. The SMILES string of the molecule is C=CCCOCC=CCS. The lowest BCUT2D eigenvalue weighted by molar-refractivity contribution is 0.167. The van der Waals surface area contributed by atoms with Gasteiger partial charge in [0, 0.05) is 5.75 Å². The van der Waals surface area contributed by atoms with Crippen LogP contribution in [-0.4, -0.2) is 19.0 Å². The fraction of sp³-hybridized carbons (Fsp3) is 0.500. The third-order valence-electron chi connectivity index (χ3n) is 0.952. The van der Waals surface area contributed by atoms with Gasteiger partial charge in [0.15, 0.2) is 0 Å². The first-order valence-electron chi connectivity index (χ1n) is 3.36. The summed E-state index contributed by atoms with van der Waals surface area (Å²) in [5.74, 6) is 0.783. The summed E-state index contributed by atoms with van der Waals surface area (Å²) in [6.07, 6.45) is 6.71. The molecular formula is C8H14OS. The van der Waals surface area contributed by atoms with Crippen LogP contribution in [-0.2, 0) is 4.74 Å². The predicted molar refractivity (Wildman–Crippen MR) is 48.6 cm³/mol. The minimum Gasteiger partial charge on any atom is -0.377 e. The van der Waals surface area contributed by atoms with Gasteiger partial charge in [-0.3, -0.25) is 0 Å². The summed E-state index contributed by atoms with van der Waals surface area (Å²) >= 11 is 4.01. The molecule has 0 aliphatic heterocycles. The van der Waals surface area contributed by atoms with Crippen LogP contribution in [0.4, 0.5) is 0 Å². The third kappa shape index (κ3) is 7.79. The lowest BCUT2D eigenvalue weighted by Gasteiger charge is -1.95. The first-order valence-corrected chi connectivity index (χ1v) is 3.99. The number of thiol groups is 1. The summed E-state index contributed by atoms with van der Waals surface area (Å²) in [6.45, 7) is 5.04. The molecule has 2 heteroatoms. The third-order valence-corrected chi connectivity index (χ3v) is 1.16. The van der Waals surface area contributed by atoms with E-state index in [1.54, 1.807) is 0 Å². The topological polar surface area (TPSA) is 9.23 Å². The summed E-state index contributed by atoms with van der Waals surface area (Å²) < 4.78 is 5.18. The van der Waals surface area contributed by atoms with Gasteiger partial charge in [-0.05, 0) is 6.42 Å². The van der Waals surface area contributed by atoms with Crippen molar-refractivity contribution in [1.29, 1.82) is 0 Å². The Morgan fingerprint density at radius 1 is 1.40 bits per heavy atom. The van der Waals surface area contributed by atoms with Crippen LogP contribution in [0, 0.1) is 0 Å². The molecule has 1 nitrogen and oxygen atoms in total. The Balaban J connectivity index is 2.89. The number of rotatable bonds is 6.